The lowest BCUT2D eigenvalue weighted by Gasteiger charge is -2.20. The van der Waals surface area contributed by atoms with Gasteiger partial charge in [0.2, 0.25) is 0 Å². The highest BCUT2D eigenvalue weighted by atomic mass is 35.5. The highest BCUT2D eigenvalue weighted by Gasteiger charge is 2.36. The zero-order chi connectivity index (χ0) is 28.6. The van der Waals surface area contributed by atoms with Crippen LogP contribution in [0.1, 0.15) is 67.9 Å². The van der Waals surface area contributed by atoms with E-state index in [1.54, 1.807) is 18.5 Å². The van der Waals surface area contributed by atoms with E-state index >= 15 is 0 Å². The Kier molecular flexibility index (Phi) is 7.69. The molecule has 210 valence electrons. The SMILES string of the molecule is CCCCOc1cc2c(c3c(C)cccc13)[C@H](CCl)CN2C(=O)c1cc2ccc(NC(=O)OC(C)(C)C)cn2c1. The molecular formula is C32H36ClN3O4. The van der Waals surface area contributed by atoms with E-state index in [1.807, 2.05) is 54.3 Å². The van der Waals surface area contributed by atoms with Crippen LogP contribution in [-0.4, -0.2) is 41.0 Å². The molecule has 0 saturated carbocycles. The van der Waals surface area contributed by atoms with E-state index in [9.17, 15) is 9.59 Å². The highest BCUT2D eigenvalue weighted by Crippen LogP contribution is 2.47. The molecule has 40 heavy (non-hydrogen) atoms. The summed E-state index contributed by atoms with van der Waals surface area (Å²) in [6.07, 6.45) is 5.02. The van der Waals surface area contributed by atoms with Crippen molar-refractivity contribution >= 4 is 51.3 Å². The van der Waals surface area contributed by atoms with Crippen molar-refractivity contribution < 1.29 is 19.1 Å². The molecule has 1 N–H and O–H groups in total. The van der Waals surface area contributed by atoms with Crippen LogP contribution in [0.2, 0.25) is 0 Å². The normalized spacial score (nSPS) is 14.9. The van der Waals surface area contributed by atoms with Gasteiger partial charge in [0.15, 0.2) is 0 Å². The van der Waals surface area contributed by atoms with Crippen molar-refractivity contribution in [3.63, 3.8) is 0 Å². The number of hydrogen-bond donors (Lipinski definition) is 1. The molecule has 1 aliphatic rings. The Morgan fingerprint density at radius 2 is 1.93 bits per heavy atom. The number of anilines is 2. The number of halogens is 1. The van der Waals surface area contributed by atoms with E-state index in [4.69, 9.17) is 21.1 Å². The third-order valence-corrected chi connectivity index (χ3v) is 7.50. The quantitative estimate of drug-likeness (QED) is 0.184. The summed E-state index contributed by atoms with van der Waals surface area (Å²) in [4.78, 5) is 28.1. The van der Waals surface area contributed by atoms with Gasteiger partial charge in [0, 0.05) is 47.7 Å². The van der Waals surface area contributed by atoms with Gasteiger partial charge >= 0.3 is 6.09 Å². The van der Waals surface area contributed by atoms with Crippen LogP contribution in [0.3, 0.4) is 0 Å². The second kappa shape index (κ2) is 11.0. The minimum Gasteiger partial charge on any atom is -0.493 e. The van der Waals surface area contributed by atoms with E-state index in [2.05, 4.69) is 31.3 Å². The zero-order valence-corrected chi connectivity index (χ0v) is 24.5. The molecule has 4 aromatic rings. The Labute approximate surface area is 240 Å². The Hall–Kier alpha value is -3.71. The number of fused-ring (bicyclic) bond motifs is 4. The number of hydrogen-bond acceptors (Lipinski definition) is 4. The lowest BCUT2D eigenvalue weighted by atomic mass is 9.92. The third kappa shape index (κ3) is 5.48. The van der Waals surface area contributed by atoms with Crippen LogP contribution in [0.15, 0.2) is 54.9 Å². The fourth-order valence-electron chi connectivity index (χ4n) is 5.33. The van der Waals surface area contributed by atoms with Gasteiger partial charge in [-0.05, 0) is 68.8 Å². The number of unbranched alkanes of at least 4 members (excludes halogenated alkanes) is 1. The predicted octanol–water partition coefficient (Wildman–Crippen LogP) is 7.91. The molecule has 0 fully saturated rings. The smallest absolute Gasteiger partial charge is 0.412 e. The number of alkyl halides is 1. The number of rotatable bonds is 7. The number of pyridine rings is 1. The summed E-state index contributed by atoms with van der Waals surface area (Å²) in [5.74, 6) is 1.11. The molecule has 7 nitrogen and oxygen atoms in total. The van der Waals surface area contributed by atoms with Crippen molar-refractivity contribution in [1.82, 2.24) is 4.40 Å². The molecule has 0 saturated heterocycles. The summed E-state index contributed by atoms with van der Waals surface area (Å²) in [6, 6.07) is 13.7. The van der Waals surface area contributed by atoms with Gasteiger partial charge in [0.1, 0.15) is 11.4 Å². The predicted molar refractivity (Wildman–Crippen MR) is 161 cm³/mol. The second-order valence-corrected chi connectivity index (χ2v) is 11.7. The number of aryl methyl sites for hydroxylation is 1. The number of nitrogens with zero attached hydrogens (tertiary/aromatic N) is 2. The number of ether oxygens (including phenoxy) is 2. The summed E-state index contributed by atoms with van der Waals surface area (Å²) < 4.78 is 13.4. The van der Waals surface area contributed by atoms with Gasteiger partial charge < -0.3 is 18.8 Å². The van der Waals surface area contributed by atoms with E-state index in [-0.39, 0.29) is 11.8 Å². The van der Waals surface area contributed by atoms with Gasteiger partial charge in [0.05, 0.1) is 23.5 Å². The second-order valence-electron chi connectivity index (χ2n) is 11.4. The molecular weight excluding hydrogens is 526 g/mol. The average Bonchev–Trinajstić information content (AvgIpc) is 3.48. The lowest BCUT2D eigenvalue weighted by Crippen LogP contribution is -2.29. The molecule has 0 unspecified atom stereocenters. The summed E-state index contributed by atoms with van der Waals surface area (Å²) in [5, 5.41) is 4.93. The minimum absolute atomic E-state index is 0.00979. The van der Waals surface area contributed by atoms with E-state index in [0.29, 0.717) is 30.3 Å². The van der Waals surface area contributed by atoms with E-state index in [0.717, 1.165) is 51.7 Å². The van der Waals surface area contributed by atoms with Crippen LogP contribution in [0.5, 0.6) is 5.75 Å². The molecule has 0 aliphatic carbocycles. The van der Waals surface area contributed by atoms with Gasteiger partial charge in [-0.25, -0.2) is 4.79 Å². The molecule has 1 aliphatic heterocycles. The van der Waals surface area contributed by atoms with E-state index in [1.165, 1.54) is 0 Å². The largest absolute Gasteiger partial charge is 0.493 e. The molecule has 8 heteroatoms. The van der Waals surface area contributed by atoms with Crippen LogP contribution in [0.25, 0.3) is 16.3 Å². The van der Waals surface area contributed by atoms with Crippen molar-refractivity contribution in [2.75, 3.05) is 29.2 Å². The monoisotopic (exact) mass is 561 g/mol. The minimum atomic E-state index is -0.598. The maximum atomic E-state index is 14.0. The third-order valence-electron chi connectivity index (χ3n) is 7.12. The molecule has 1 atom stereocenters. The van der Waals surface area contributed by atoms with Crippen molar-refractivity contribution in [1.29, 1.82) is 0 Å². The fourth-order valence-corrected chi connectivity index (χ4v) is 5.58. The first-order valence-electron chi connectivity index (χ1n) is 13.8. The lowest BCUT2D eigenvalue weighted by molar-refractivity contribution is 0.0635. The van der Waals surface area contributed by atoms with Crippen LogP contribution in [0, 0.1) is 6.92 Å². The first kappa shape index (κ1) is 27.8. The van der Waals surface area contributed by atoms with Crippen LogP contribution in [-0.2, 0) is 4.74 Å². The molecule has 2 amide bonds. The van der Waals surface area contributed by atoms with Crippen molar-refractivity contribution in [3.8, 4) is 5.75 Å². The van der Waals surface area contributed by atoms with Crippen molar-refractivity contribution in [2.24, 2.45) is 0 Å². The molecule has 0 spiro atoms. The maximum absolute atomic E-state index is 14.0. The molecule has 0 bridgehead atoms. The van der Waals surface area contributed by atoms with Crippen LogP contribution in [0.4, 0.5) is 16.2 Å². The topological polar surface area (TPSA) is 72.3 Å². The number of nitrogens with one attached hydrogen (secondary N) is 1. The fraction of sp³-hybridized carbons (Fsp3) is 0.375. The summed E-state index contributed by atoms with van der Waals surface area (Å²) in [7, 11) is 0. The standard InChI is InChI=1S/C32H36ClN3O4/c1-6-7-13-39-27-15-26-29(28-20(2)9-8-10-25(27)28)22(16-33)18-36(26)30(37)21-14-24-12-11-23(19-35(24)17-21)34-31(38)40-32(3,4)5/h8-12,14-15,17,19,22H,6-7,13,16,18H2,1-5H3,(H,34,38)/t22-/m1/s1. The number of aromatic nitrogens is 1. The van der Waals surface area contributed by atoms with Gasteiger partial charge in [-0.2, -0.15) is 0 Å². The molecule has 2 aromatic carbocycles. The molecule has 0 radical (unpaired) electrons. The summed E-state index contributed by atoms with van der Waals surface area (Å²) in [6.45, 7) is 10.8. The number of benzene rings is 2. The maximum Gasteiger partial charge on any atom is 0.412 e. The molecule has 2 aromatic heterocycles. The molecule has 5 rings (SSSR count). The van der Waals surface area contributed by atoms with Crippen LogP contribution < -0.4 is 15.0 Å². The Bertz CT molecular complexity index is 1590. The summed E-state index contributed by atoms with van der Waals surface area (Å²) >= 11 is 6.49. The highest BCUT2D eigenvalue weighted by molar-refractivity contribution is 6.19. The number of carbonyl (C=O) groups is 2. The Morgan fingerprint density at radius 3 is 2.65 bits per heavy atom. The van der Waals surface area contributed by atoms with Crippen molar-refractivity contribution in [2.45, 2.75) is 59.0 Å². The Morgan fingerprint density at radius 1 is 1.12 bits per heavy atom. The van der Waals surface area contributed by atoms with Crippen molar-refractivity contribution in [3.05, 3.63) is 71.5 Å². The van der Waals surface area contributed by atoms with Gasteiger partial charge in [-0.1, -0.05) is 31.5 Å². The first-order valence-corrected chi connectivity index (χ1v) is 14.3. The summed E-state index contributed by atoms with van der Waals surface area (Å²) in [5.41, 5.74) is 4.45. The number of amides is 2. The van der Waals surface area contributed by atoms with Gasteiger partial charge in [-0.15, -0.1) is 11.6 Å². The zero-order valence-electron chi connectivity index (χ0n) is 23.7. The van der Waals surface area contributed by atoms with Crippen LogP contribution >= 0.6 is 11.6 Å². The van der Waals surface area contributed by atoms with Gasteiger partial charge in [-0.3, -0.25) is 10.1 Å². The first-order chi connectivity index (χ1) is 19.1. The number of carbonyl (C=O) groups excluding carboxylic acids is 2. The molecule has 3 heterocycles. The Balaban J connectivity index is 1.50. The average molecular weight is 562 g/mol. The van der Waals surface area contributed by atoms with Gasteiger partial charge in [0.25, 0.3) is 5.91 Å². The van der Waals surface area contributed by atoms with E-state index < -0.39 is 11.7 Å².